The minimum absolute atomic E-state index is 0.0721. The van der Waals surface area contributed by atoms with E-state index in [0.717, 1.165) is 5.56 Å². The Kier molecular flexibility index (Phi) is 5.22. The highest BCUT2D eigenvalue weighted by atomic mass is 19.1. The van der Waals surface area contributed by atoms with Gasteiger partial charge < -0.3 is 19.8 Å². The van der Waals surface area contributed by atoms with Crippen LogP contribution in [0.5, 0.6) is 11.5 Å². The standard InChI is InChI=1S/C24H20FN3O3/c1-14-10-20-22(24(29)28(14)13-16-6-3-4-9-19(16)30-2)21(18(12-26)23(27)31-20)15-7-5-8-17(25)11-15/h3-11,21H,13,27H2,1-2H3. The highest BCUT2D eigenvalue weighted by Gasteiger charge is 2.34. The Bertz CT molecular complexity index is 1300. The summed E-state index contributed by atoms with van der Waals surface area (Å²) in [6.45, 7) is 2.05. The lowest BCUT2D eigenvalue weighted by molar-refractivity contribution is 0.388. The number of hydrogen-bond donors (Lipinski definition) is 1. The van der Waals surface area contributed by atoms with Gasteiger partial charge in [0.15, 0.2) is 0 Å². The first-order valence-corrected chi connectivity index (χ1v) is 9.64. The van der Waals surface area contributed by atoms with E-state index in [2.05, 4.69) is 0 Å². The smallest absolute Gasteiger partial charge is 0.259 e. The summed E-state index contributed by atoms with van der Waals surface area (Å²) >= 11 is 0. The predicted octanol–water partition coefficient (Wildman–Crippen LogP) is 3.57. The van der Waals surface area contributed by atoms with Gasteiger partial charge in [-0.2, -0.15) is 5.26 Å². The second-order valence-corrected chi connectivity index (χ2v) is 7.25. The second-order valence-electron chi connectivity index (χ2n) is 7.25. The quantitative estimate of drug-likeness (QED) is 0.701. The van der Waals surface area contributed by atoms with Crippen LogP contribution in [-0.4, -0.2) is 11.7 Å². The second kappa shape index (κ2) is 8.00. The van der Waals surface area contributed by atoms with Gasteiger partial charge in [-0.25, -0.2) is 4.39 Å². The van der Waals surface area contributed by atoms with Crippen molar-refractivity contribution in [3.05, 3.63) is 105 Å². The van der Waals surface area contributed by atoms with Crippen LogP contribution >= 0.6 is 0 Å². The molecule has 2 heterocycles. The summed E-state index contributed by atoms with van der Waals surface area (Å²) in [7, 11) is 1.57. The number of methoxy groups -OCH3 is 1. The Hall–Kier alpha value is -4.05. The van der Waals surface area contributed by atoms with Gasteiger partial charge in [-0.15, -0.1) is 0 Å². The number of rotatable bonds is 4. The van der Waals surface area contributed by atoms with E-state index in [4.69, 9.17) is 15.2 Å². The molecule has 156 valence electrons. The molecule has 7 heteroatoms. The number of nitriles is 1. The van der Waals surface area contributed by atoms with E-state index in [-0.39, 0.29) is 34.9 Å². The van der Waals surface area contributed by atoms with Gasteiger partial charge in [0.1, 0.15) is 29.0 Å². The molecule has 1 aromatic heterocycles. The summed E-state index contributed by atoms with van der Waals surface area (Å²) in [5, 5.41) is 9.72. The summed E-state index contributed by atoms with van der Waals surface area (Å²) < 4.78 is 26.6. The largest absolute Gasteiger partial charge is 0.496 e. The van der Waals surface area contributed by atoms with E-state index in [1.54, 1.807) is 30.7 Å². The molecular weight excluding hydrogens is 397 g/mol. The van der Waals surface area contributed by atoms with Crippen molar-refractivity contribution in [2.75, 3.05) is 7.11 Å². The first kappa shape index (κ1) is 20.2. The zero-order valence-electron chi connectivity index (χ0n) is 17.1. The van der Waals surface area contributed by atoms with Crippen molar-refractivity contribution in [2.24, 2.45) is 5.73 Å². The Balaban J connectivity index is 1.93. The molecule has 4 rings (SSSR count). The van der Waals surface area contributed by atoms with Crippen LogP contribution in [0, 0.1) is 24.1 Å². The van der Waals surface area contributed by atoms with Crippen LogP contribution in [0.4, 0.5) is 4.39 Å². The van der Waals surface area contributed by atoms with Crippen LogP contribution < -0.4 is 20.8 Å². The van der Waals surface area contributed by atoms with Crippen molar-refractivity contribution in [2.45, 2.75) is 19.4 Å². The number of aromatic nitrogens is 1. The van der Waals surface area contributed by atoms with E-state index in [0.29, 0.717) is 17.0 Å². The molecule has 6 nitrogen and oxygen atoms in total. The predicted molar refractivity (Wildman–Crippen MR) is 113 cm³/mol. The van der Waals surface area contributed by atoms with Crippen LogP contribution in [0.2, 0.25) is 0 Å². The van der Waals surface area contributed by atoms with Crippen LogP contribution in [0.3, 0.4) is 0 Å². The van der Waals surface area contributed by atoms with E-state index < -0.39 is 11.7 Å². The molecule has 0 bridgehead atoms. The maximum atomic E-state index is 14.0. The van der Waals surface area contributed by atoms with E-state index >= 15 is 0 Å². The number of hydrogen-bond acceptors (Lipinski definition) is 5. The molecule has 3 aromatic rings. The maximum absolute atomic E-state index is 14.0. The third kappa shape index (κ3) is 3.53. The monoisotopic (exact) mass is 417 g/mol. The lowest BCUT2D eigenvalue weighted by Gasteiger charge is -2.27. The first-order valence-electron chi connectivity index (χ1n) is 9.64. The molecule has 0 saturated carbocycles. The highest BCUT2D eigenvalue weighted by molar-refractivity contribution is 5.55. The third-order valence-corrected chi connectivity index (χ3v) is 5.39. The fourth-order valence-corrected chi connectivity index (χ4v) is 3.91. The van der Waals surface area contributed by atoms with E-state index in [1.807, 2.05) is 30.3 Å². The SMILES string of the molecule is COc1ccccc1Cn1c(C)cc2c(c1=O)C(c1cccc(F)c1)C(C#N)=C(N)O2. The van der Waals surface area contributed by atoms with Crippen molar-refractivity contribution < 1.29 is 13.9 Å². The molecule has 2 aromatic carbocycles. The fraction of sp³-hybridized carbons (Fsp3) is 0.167. The number of ether oxygens (including phenoxy) is 2. The number of nitrogens with two attached hydrogens (primary N) is 1. The molecule has 1 aliphatic rings. The first-order chi connectivity index (χ1) is 14.9. The van der Waals surface area contributed by atoms with Crippen LogP contribution in [-0.2, 0) is 6.54 Å². The number of para-hydroxylation sites is 1. The minimum atomic E-state index is -0.832. The number of halogens is 1. The van der Waals surface area contributed by atoms with Crippen LogP contribution in [0.25, 0.3) is 0 Å². The maximum Gasteiger partial charge on any atom is 0.259 e. The minimum Gasteiger partial charge on any atom is -0.496 e. The number of benzene rings is 2. The van der Waals surface area contributed by atoms with Crippen molar-refractivity contribution in [3.8, 4) is 17.6 Å². The zero-order chi connectivity index (χ0) is 22.1. The van der Waals surface area contributed by atoms with Crippen LogP contribution in [0.1, 0.15) is 28.3 Å². The average molecular weight is 417 g/mol. The van der Waals surface area contributed by atoms with Gasteiger partial charge >= 0.3 is 0 Å². The molecule has 0 amide bonds. The van der Waals surface area contributed by atoms with Gasteiger partial charge in [0.25, 0.3) is 5.56 Å². The fourth-order valence-electron chi connectivity index (χ4n) is 3.91. The molecule has 0 radical (unpaired) electrons. The Morgan fingerprint density at radius 1 is 1.23 bits per heavy atom. The molecule has 0 saturated heterocycles. The summed E-state index contributed by atoms with van der Waals surface area (Å²) in [5.41, 5.74) is 7.90. The molecule has 1 aliphatic heterocycles. The highest BCUT2D eigenvalue weighted by Crippen LogP contribution is 2.40. The number of fused-ring (bicyclic) bond motifs is 1. The molecule has 1 unspecified atom stereocenters. The molecule has 31 heavy (non-hydrogen) atoms. The normalized spacial score (nSPS) is 15.1. The van der Waals surface area contributed by atoms with Crippen molar-refractivity contribution in [1.29, 1.82) is 5.26 Å². The van der Waals surface area contributed by atoms with E-state index in [1.165, 1.54) is 18.2 Å². The van der Waals surface area contributed by atoms with Crippen molar-refractivity contribution in [3.63, 3.8) is 0 Å². The summed E-state index contributed by atoms with van der Waals surface area (Å²) in [6, 6.07) is 17.0. The molecule has 0 fully saturated rings. The van der Waals surface area contributed by atoms with Gasteiger partial charge in [0.2, 0.25) is 5.88 Å². The molecule has 0 aliphatic carbocycles. The average Bonchev–Trinajstić information content (AvgIpc) is 2.76. The van der Waals surface area contributed by atoms with Gasteiger partial charge in [-0.05, 0) is 30.7 Å². The van der Waals surface area contributed by atoms with Crippen molar-refractivity contribution >= 4 is 0 Å². The van der Waals surface area contributed by atoms with Gasteiger partial charge in [-0.1, -0.05) is 30.3 Å². The zero-order valence-corrected chi connectivity index (χ0v) is 17.1. The summed E-state index contributed by atoms with van der Waals surface area (Å²) in [4.78, 5) is 13.7. The Morgan fingerprint density at radius 3 is 2.71 bits per heavy atom. The van der Waals surface area contributed by atoms with Crippen LogP contribution in [0.15, 0.2) is 70.8 Å². The molecular formula is C24H20FN3O3. The molecule has 1 atom stereocenters. The molecule has 2 N–H and O–H groups in total. The number of aryl methyl sites for hydroxylation is 1. The van der Waals surface area contributed by atoms with Crippen molar-refractivity contribution in [1.82, 2.24) is 4.57 Å². The van der Waals surface area contributed by atoms with Gasteiger partial charge in [-0.3, -0.25) is 4.79 Å². The van der Waals surface area contributed by atoms with Gasteiger partial charge in [0.05, 0.1) is 25.1 Å². The lowest BCUT2D eigenvalue weighted by Crippen LogP contribution is -2.33. The molecule has 0 spiro atoms. The number of pyridine rings is 1. The number of allylic oxidation sites excluding steroid dienone is 1. The third-order valence-electron chi connectivity index (χ3n) is 5.39. The van der Waals surface area contributed by atoms with Gasteiger partial charge in [0, 0.05) is 17.3 Å². The topological polar surface area (TPSA) is 90.3 Å². The number of nitrogens with zero attached hydrogens (tertiary/aromatic N) is 2. The Labute approximate surface area is 178 Å². The lowest BCUT2D eigenvalue weighted by atomic mass is 9.84. The summed E-state index contributed by atoms with van der Waals surface area (Å²) in [5.74, 6) is -0.467. The van der Waals surface area contributed by atoms with E-state index in [9.17, 15) is 14.4 Å². The Morgan fingerprint density at radius 2 is 2.00 bits per heavy atom. The summed E-state index contributed by atoms with van der Waals surface area (Å²) in [6.07, 6.45) is 0.